The van der Waals surface area contributed by atoms with Gasteiger partial charge in [-0.05, 0) is 55.3 Å². The van der Waals surface area contributed by atoms with E-state index in [2.05, 4.69) is 30.4 Å². The maximum absolute atomic E-state index is 6.13. The third kappa shape index (κ3) is 4.00. The molecule has 0 spiro atoms. The van der Waals surface area contributed by atoms with Crippen molar-refractivity contribution >= 4 is 11.6 Å². The van der Waals surface area contributed by atoms with Crippen LogP contribution in [-0.2, 0) is 6.54 Å². The Bertz CT molecular complexity index is 389. The number of hydrogen-bond donors (Lipinski definition) is 1. The summed E-state index contributed by atoms with van der Waals surface area (Å²) < 4.78 is 0. The van der Waals surface area contributed by atoms with Gasteiger partial charge < -0.3 is 5.32 Å². The molecule has 1 aromatic rings. The van der Waals surface area contributed by atoms with Gasteiger partial charge in [0.25, 0.3) is 0 Å². The molecule has 1 nitrogen and oxygen atoms in total. The van der Waals surface area contributed by atoms with Gasteiger partial charge in [0.2, 0.25) is 0 Å². The van der Waals surface area contributed by atoms with Gasteiger partial charge in [-0.1, -0.05) is 43.5 Å². The van der Waals surface area contributed by atoms with Crippen molar-refractivity contribution in [3.8, 4) is 0 Å². The second-order valence-electron chi connectivity index (χ2n) is 5.85. The zero-order valence-corrected chi connectivity index (χ0v) is 12.3. The van der Waals surface area contributed by atoms with Gasteiger partial charge in [0.15, 0.2) is 0 Å². The van der Waals surface area contributed by atoms with E-state index in [1.807, 2.05) is 6.92 Å². The molecule has 0 bridgehead atoms. The Morgan fingerprint density at radius 2 is 2.17 bits per heavy atom. The zero-order chi connectivity index (χ0) is 13.0. The molecule has 2 rings (SSSR count). The first-order valence-electron chi connectivity index (χ1n) is 7.11. The Hall–Kier alpha value is -0.530. The molecule has 0 heterocycles. The molecule has 100 valence electrons. The highest BCUT2D eigenvalue weighted by Crippen LogP contribution is 2.28. The lowest BCUT2D eigenvalue weighted by Crippen LogP contribution is -2.26. The predicted molar refractivity (Wildman–Crippen MR) is 79.0 cm³/mol. The number of nitrogens with one attached hydrogen (secondary N) is 1. The zero-order valence-electron chi connectivity index (χ0n) is 11.5. The standard InChI is InChI=1S/C16H24ClN/c1-12-4-3-5-14(8-12)10-18-11-15-7-6-13(2)16(17)9-15/h6-7,9,12,14,18H,3-5,8,10-11H2,1-2H3. The monoisotopic (exact) mass is 265 g/mol. The summed E-state index contributed by atoms with van der Waals surface area (Å²) in [5.74, 6) is 1.79. The summed E-state index contributed by atoms with van der Waals surface area (Å²) in [6.45, 7) is 6.51. The minimum Gasteiger partial charge on any atom is -0.312 e. The van der Waals surface area contributed by atoms with E-state index in [0.717, 1.165) is 35.5 Å². The second-order valence-corrected chi connectivity index (χ2v) is 6.26. The van der Waals surface area contributed by atoms with Crippen LogP contribution < -0.4 is 5.32 Å². The number of benzene rings is 1. The summed E-state index contributed by atoms with van der Waals surface area (Å²) >= 11 is 6.13. The molecule has 18 heavy (non-hydrogen) atoms. The summed E-state index contributed by atoms with van der Waals surface area (Å²) in [6, 6.07) is 6.34. The lowest BCUT2D eigenvalue weighted by atomic mass is 9.82. The van der Waals surface area contributed by atoms with E-state index in [-0.39, 0.29) is 0 Å². The van der Waals surface area contributed by atoms with E-state index in [4.69, 9.17) is 11.6 Å². The van der Waals surface area contributed by atoms with E-state index in [1.54, 1.807) is 0 Å². The maximum Gasteiger partial charge on any atom is 0.0438 e. The van der Waals surface area contributed by atoms with Crippen molar-refractivity contribution in [3.05, 3.63) is 34.3 Å². The van der Waals surface area contributed by atoms with Crippen molar-refractivity contribution in [1.29, 1.82) is 0 Å². The highest BCUT2D eigenvalue weighted by molar-refractivity contribution is 6.31. The summed E-state index contributed by atoms with van der Waals surface area (Å²) in [5, 5.41) is 4.46. The molecule has 2 unspecified atom stereocenters. The van der Waals surface area contributed by atoms with Crippen LogP contribution in [0, 0.1) is 18.8 Å². The van der Waals surface area contributed by atoms with E-state index in [1.165, 1.54) is 31.2 Å². The summed E-state index contributed by atoms with van der Waals surface area (Å²) in [7, 11) is 0. The minimum absolute atomic E-state index is 0.870. The van der Waals surface area contributed by atoms with Crippen LogP contribution in [0.2, 0.25) is 5.02 Å². The quantitative estimate of drug-likeness (QED) is 0.841. The largest absolute Gasteiger partial charge is 0.312 e. The molecule has 1 aromatic carbocycles. The highest BCUT2D eigenvalue weighted by atomic mass is 35.5. The smallest absolute Gasteiger partial charge is 0.0438 e. The van der Waals surface area contributed by atoms with Gasteiger partial charge in [0.05, 0.1) is 0 Å². The molecular weight excluding hydrogens is 242 g/mol. The Morgan fingerprint density at radius 1 is 1.33 bits per heavy atom. The maximum atomic E-state index is 6.13. The molecule has 2 heteroatoms. The third-order valence-corrected chi connectivity index (χ3v) is 4.45. The first-order valence-corrected chi connectivity index (χ1v) is 7.48. The van der Waals surface area contributed by atoms with Gasteiger partial charge in [0, 0.05) is 11.6 Å². The van der Waals surface area contributed by atoms with Gasteiger partial charge in [-0.2, -0.15) is 0 Å². The molecule has 0 saturated heterocycles. The fraction of sp³-hybridized carbons (Fsp3) is 0.625. The third-order valence-electron chi connectivity index (χ3n) is 4.04. The molecule has 0 amide bonds. The van der Waals surface area contributed by atoms with E-state index >= 15 is 0 Å². The average Bonchev–Trinajstić information content (AvgIpc) is 2.34. The number of hydrogen-bond acceptors (Lipinski definition) is 1. The van der Waals surface area contributed by atoms with Crippen LogP contribution in [0.4, 0.5) is 0 Å². The molecule has 1 fully saturated rings. The van der Waals surface area contributed by atoms with Crippen LogP contribution in [0.3, 0.4) is 0 Å². The normalized spacial score (nSPS) is 24.2. The Kier molecular flexibility index (Phi) is 5.08. The second kappa shape index (κ2) is 6.58. The molecule has 1 aliphatic carbocycles. The van der Waals surface area contributed by atoms with Crippen molar-refractivity contribution in [2.45, 2.75) is 46.1 Å². The molecule has 1 saturated carbocycles. The Balaban J connectivity index is 1.76. The van der Waals surface area contributed by atoms with Gasteiger partial charge in [-0.3, -0.25) is 0 Å². The van der Waals surface area contributed by atoms with Crippen molar-refractivity contribution < 1.29 is 0 Å². The van der Waals surface area contributed by atoms with Crippen molar-refractivity contribution in [2.24, 2.45) is 11.8 Å². The van der Waals surface area contributed by atoms with Crippen LogP contribution in [0.25, 0.3) is 0 Å². The summed E-state index contributed by atoms with van der Waals surface area (Å²) in [6.07, 6.45) is 5.61. The lowest BCUT2D eigenvalue weighted by Gasteiger charge is -2.26. The first kappa shape index (κ1) is 13.9. The number of rotatable bonds is 4. The van der Waals surface area contributed by atoms with Crippen LogP contribution >= 0.6 is 11.6 Å². The molecule has 1 N–H and O–H groups in total. The van der Waals surface area contributed by atoms with E-state index in [0.29, 0.717) is 0 Å². The van der Waals surface area contributed by atoms with Crippen LogP contribution in [0.1, 0.15) is 43.7 Å². The summed E-state index contributed by atoms with van der Waals surface area (Å²) in [4.78, 5) is 0. The van der Waals surface area contributed by atoms with E-state index < -0.39 is 0 Å². The number of aryl methyl sites for hydroxylation is 1. The number of halogens is 1. The van der Waals surface area contributed by atoms with Crippen molar-refractivity contribution in [3.63, 3.8) is 0 Å². The van der Waals surface area contributed by atoms with Crippen LogP contribution in [0.5, 0.6) is 0 Å². The molecule has 2 atom stereocenters. The minimum atomic E-state index is 0.870. The van der Waals surface area contributed by atoms with Gasteiger partial charge in [0.1, 0.15) is 0 Å². The first-order chi connectivity index (χ1) is 8.65. The lowest BCUT2D eigenvalue weighted by molar-refractivity contribution is 0.274. The average molecular weight is 266 g/mol. The molecule has 1 aliphatic rings. The highest BCUT2D eigenvalue weighted by Gasteiger charge is 2.18. The predicted octanol–water partition coefficient (Wildman–Crippen LogP) is 4.56. The molecule has 0 aromatic heterocycles. The van der Waals surface area contributed by atoms with Crippen molar-refractivity contribution in [1.82, 2.24) is 5.32 Å². The summed E-state index contributed by atoms with van der Waals surface area (Å²) in [5.41, 5.74) is 2.44. The topological polar surface area (TPSA) is 12.0 Å². The van der Waals surface area contributed by atoms with Crippen LogP contribution in [-0.4, -0.2) is 6.54 Å². The molecular formula is C16H24ClN. The van der Waals surface area contributed by atoms with Crippen molar-refractivity contribution in [2.75, 3.05) is 6.54 Å². The van der Waals surface area contributed by atoms with Crippen LogP contribution in [0.15, 0.2) is 18.2 Å². The van der Waals surface area contributed by atoms with Gasteiger partial charge in [-0.15, -0.1) is 0 Å². The Morgan fingerprint density at radius 3 is 2.89 bits per heavy atom. The fourth-order valence-corrected chi connectivity index (χ4v) is 3.12. The SMILES string of the molecule is Cc1ccc(CNCC2CCCC(C)C2)cc1Cl. The molecule has 0 radical (unpaired) electrons. The Labute approximate surface area is 116 Å². The fourth-order valence-electron chi connectivity index (χ4n) is 2.91. The van der Waals surface area contributed by atoms with Gasteiger partial charge >= 0.3 is 0 Å². The molecule has 0 aliphatic heterocycles. The van der Waals surface area contributed by atoms with Gasteiger partial charge in [-0.25, -0.2) is 0 Å². The van der Waals surface area contributed by atoms with E-state index in [9.17, 15) is 0 Å².